The molecule has 222 valence electrons. The van der Waals surface area contributed by atoms with Crippen molar-refractivity contribution in [2.24, 2.45) is 10.6 Å². The van der Waals surface area contributed by atoms with Crippen molar-refractivity contribution >= 4 is 70.0 Å². The van der Waals surface area contributed by atoms with Gasteiger partial charge < -0.3 is 24.9 Å². The lowest BCUT2D eigenvalue weighted by Gasteiger charge is -2.53. The predicted octanol–water partition coefficient (Wildman–Crippen LogP) is 0.301. The smallest absolute Gasteiger partial charge is 0.347 e. The maximum absolute atomic E-state index is 13.2. The van der Waals surface area contributed by atoms with Crippen molar-refractivity contribution in [3.8, 4) is 0 Å². The van der Waals surface area contributed by atoms with Crippen LogP contribution in [0, 0.1) is 5.41 Å². The average Bonchev–Trinajstić information content (AvgIpc) is 3.64. The summed E-state index contributed by atoms with van der Waals surface area (Å²) < 4.78 is 6.42. The monoisotopic (exact) mass is 635 g/mol. The molecule has 3 aromatic rings. The number of tetrazole rings is 1. The molecule has 0 saturated carbocycles. The van der Waals surface area contributed by atoms with Crippen LogP contribution in [-0.2, 0) is 28.8 Å². The second kappa shape index (κ2) is 11.8. The number of amides is 2. The molecule has 0 bridgehead atoms. The third-order valence-corrected chi connectivity index (χ3v) is 9.46. The fraction of sp³-hybridized carbons (Fsp3) is 0.478. The number of aliphatic carboxylic acids is 1. The molecule has 2 amide bonds. The number of carboxylic acid groups (broad SMARTS) is 1. The molecule has 16 nitrogen and oxygen atoms in total. The van der Waals surface area contributed by atoms with E-state index in [0.717, 1.165) is 0 Å². The van der Waals surface area contributed by atoms with Gasteiger partial charge in [-0.25, -0.2) is 9.78 Å². The summed E-state index contributed by atoms with van der Waals surface area (Å²) in [6.07, 6.45) is 0. The molecule has 0 aromatic carbocycles. The van der Waals surface area contributed by atoms with Crippen molar-refractivity contribution in [1.82, 2.24) is 40.5 Å². The molecule has 2 saturated heterocycles. The molecule has 0 spiro atoms. The van der Waals surface area contributed by atoms with Gasteiger partial charge in [-0.15, -0.1) is 49.7 Å². The molecule has 0 aliphatic carbocycles. The van der Waals surface area contributed by atoms with Crippen LogP contribution in [0.5, 0.6) is 0 Å². The number of aromatic nitrogens is 6. The number of thiazole rings is 1. The first-order valence-electron chi connectivity index (χ1n) is 12.4. The number of carbonyl (C=O) groups is 4. The minimum atomic E-state index is -1.24. The Balaban J connectivity index is 1.22. The van der Waals surface area contributed by atoms with Crippen LogP contribution in [-0.4, -0.2) is 111 Å². The Labute approximate surface area is 250 Å². The number of hydrogen-bond acceptors (Lipinski definition) is 15. The van der Waals surface area contributed by atoms with Crippen LogP contribution < -0.4 is 5.32 Å². The van der Waals surface area contributed by atoms with Crippen LogP contribution in [0.3, 0.4) is 0 Å². The van der Waals surface area contributed by atoms with Crippen molar-refractivity contribution in [2.45, 2.75) is 42.8 Å². The Morgan fingerprint density at radius 3 is 2.83 bits per heavy atom. The van der Waals surface area contributed by atoms with Gasteiger partial charge in [0.1, 0.15) is 33.2 Å². The van der Waals surface area contributed by atoms with Crippen molar-refractivity contribution in [3.63, 3.8) is 0 Å². The SMILES string of the molecule is CC(C)(C)OC(=O)CON=C(C(=O)NC1C(=O)N2CC(CSc3ccc4nnnn4n3)(C(=O)O)CS[C@H]12)c1cscn1. The standard InChI is InChI=1S/C23H25N9O7S3/c1-22(2,3)39-15(33)6-38-28-16(12-7-40-11-24-12)18(34)25-17-19(35)31-8-23(21(36)37,10-42-20(17)31)9-41-14-5-4-13-26-29-30-32(13)27-14/h4-5,7,11,17,20H,6,8-10H2,1-3H3,(H,25,34)(H,36,37)/t17?,20-,23?/m1/s1. The van der Waals surface area contributed by atoms with Gasteiger partial charge >= 0.3 is 11.9 Å². The zero-order valence-electron chi connectivity index (χ0n) is 22.5. The number of rotatable bonds is 10. The van der Waals surface area contributed by atoms with E-state index in [2.05, 4.69) is 36.1 Å². The molecule has 2 aliphatic rings. The maximum atomic E-state index is 13.2. The fourth-order valence-corrected chi connectivity index (χ4v) is 7.34. The average molecular weight is 636 g/mol. The lowest BCUT2D eigenvalue weighted by molar-refractivity contribution is -0.160. The molecule has 3 aromatic heterocycles. The van der Waals surface area contributed by atoms with E-state index in [1.54, 1.807) is 38.3 Å². The lowest BCUT2D eigenvalue weighted by atomic mass is 9.89. The highest BCUT2D eigenvalue weighted by Gasteiger charge is 2.57. The largest absolute Gasteiger partial charge is 0.481 e. The van der Waals surface area contributed by atoms with Gasteiger partial charge in [0.15, 0.2) is 11.4 Å². The van der Waals surface area contributed by atoms with Gasteiger partial charge in [-0.3, -0.25) is 14.4 Å². The summed E-state index contributed by atoms with van der Waals surface area (Å²) in [5.74, 6) is -2.49. The first-order valence-corrected chi connectivity index (χ1v) is 15.4. The molecule has 19 heteroatoms. The van der Waals surface area contributed by atoms with Gasteiger partial charge in [0, 0.05) is 23.4 Å². The molecule has 2 aliphatic heterocycles. The summed E-state index contributed by atoms with van der Waals surface area (Å²) in [6.45, 7) is 4.56. The topological polar surface area (TPSA) is 203 Å². The number of β-lactam (4-membered cyclic amide) rings is 1. The van der Waals surface area contributed by atoms with Crippen LogP contribution in [0.2, 0.25) is 0 Å². The summed E-state index contributed by atoms with van der Waals surface area (Å²) in [5.41, 5.74) is -0.00627. The minimum absolute atomic E-state index is 0.0304. The third-order valence-electron chi connectivity index (χ3n) is 6.07. The molecular formula is C23H25N9O7S3. The third kappa shape index (κ3) is 6.31. The molecule has 5 heterocycles. The quantitative estimate of drug-likeness (QED) is 0.101. The Morgan fingerprint density at radius 1 is 1.31 bits per heavy atom. The normalized spacial score (nSPS) is 22.3. The summed E-state index contributed by atoms with van der Waals surface area (Å²) in [6, 6.07) is 2.47. The first kappa shape index (κ1) is 29.6. The van der Waals surface area contributed by atoms with E-state index >= 15 is 0 Å². The number of carboxylic acids is 1. The van der Waals surface area contributed by atoms with E-state index in [1.165, 1.54) is 49.9 Å². The summed E-state index contributed by atoms with van der Waals surface area (Å²) >= 11 is 3.72. The van der Waals surface area contributed by atoms with E-state index < -0.39 is 52.8 Å². The van der Waals surface area contributed by atoms with Crippen LogP contribution >= 0.6 is 34.9 Å². The zero-order chi connectivity index (χ0) is 30.1. The van der Waals surface area contributed by atoms with E-state index in [9.17, 15) is 24.3 Å². The molecule has 2 N–H and O–H groups in total. The fourth-order valence-electron chi connectivity index (χ4n) is 4.09. The Morgan fingerprint density at radius 2 is 2.12 bits per heavy atom. The minimum Gasteiger partial charge on any atom is -0.481 e. The molecular weight excluding hydrogens is 611 g/mol. The van der Waals surface area contributed by atoms with Crippen molar-refractivity contribution in [2.75, 3.05) is 24.7 Å². The number of nitrogens with one attached hydrogen (secondary N) is 1. The van der Waals surface area contributed by atoms with Crippen molar-refractivity contribution in [3.05, 3.63) is 28.7 Å². The number of hydrogen-bond donors (Lipinski definition) is 2. The molecule has 0 radical (unpaired) electrons. The van der Waals surface area contributed by atoms with Crippen LogP contribution in [0.25, 0.3) is 5.65 Å². The van der Waals surface area contributed by atoms with Crippen LogP contribution in [0.1, 0.15) is 26.5 Å². The lowest BCUT2D eigenvalue weighted by Crippen LogP contribution is -2.74. The highest BCUT2D eigenvalue weighted by atomic mass is 32.2. The number of oxime groups is 1. The summed E-state index contributed by atoms with van der Waals surface area (Å²) in [5, 5.41) is 33.6. The maximum Gasteiger partial charge on any atom is 0.347 e. The van der Waals surface area contributed by atoms with Crippen LogP contribution in [0.4, 0.5) is 0 Å². The molecule has 2 fully saturated rings. The van der Waals surface area contributed by atoms with Gasteiger partial charge in [0.2, 0.25) is 12.5 Å². The van der Waals surface area contributed by atoms with Gasteiger partial charge in [0.25, 0.3) is 5.91 Å². The highest BCUT2D eigenvalue weighted by molar-refractivity contribution is 8.00. The Hall–Kier alpha value is -3.84. The number of thioether (sulfide) groups is 2. The Kier molecular flexibility index (Phi) is 8.33. The van der Waals surface area contributed by atoms with Gasteiger partial charge in [-0.05, 0) is 43.3 Å². The second-order valence-corrected chi connectivity index (χ2v) is 13.2. The first-order chi connectivity index (χ1) is 20.0. The molecule has 42 heavy (non-hydrogen) atoms. The Bertz CT molecular complexity index is 1540. The molecule has 3 atom stereocenters. The highest BCUT2D eigenvalue weighted by Crippen LogP contribution is 2.44. The summed E-state index contributed by atoms with van der Waals surface area (Å²) in [4.78, 5) is 61.2. The number of fused-ring (bicyclic) bond motifs is 2. The van der Waals surface area contributed by atoms with Gasteiger partial charge in [-0.1, -0.05) is 5.16 Å². The number of nitrogens with zero attached hydrogens (tertiary/aromatic N) is 8. The van der Waals surface area contributed by atoms with Gasteiger partial charge in [-0.2, -0.15) is 0 Å². The number of esters is 1. The van der Waals surface area contributed by atoms with Crippen molar-refractivity contribution in [1.29, 1.82) is 0 Å². The zero-order valence-corrected chi connectivity index (χ0v) is 24.9. The number of carbonyl (C=O) groups excluding carboxylic acids is 3. The summed E-state index contributed by atoms with van der Waals surface area (Å²) in [7, 11) is 0. The number of ether oxygens (including phenoxy) is 1. The van der Waals surface area contributed by atoms with E-state index in [-0.39, 0.29) is 29.5 Å². The predicted molar refractivity (Wildman–Crippen MR) is 150 cm³/mol. The molecule has 5 rings (SSSR count). The van der Waals surface area contributed by atoms with Crippen molar-refractivity contribution < 1.29 is 33.9 Å². The van der Waals surface area contributed by atoms with Gasteiger partial charge in [0.05, 0.1) is 5.51 Å². The molecule has 2 unspecified atom stereocenters. The van der Waals surface area contributed by atoms with E-state index in [0.29, 0.717) is 10.7 Å². The van der Waals surface area contributed by atoms with E-state index in [1.807, 2.05) is 0 Å². The van der Waals surface area contributed by atoms with E-state index in [4.69, 9.17) is 9.57 Å². The van der Waals surface area contributed by atoms with Crippen LogP contribution in [0.15, 0.2) is 33.2 Å². The second-order valence-electron chi connectivity index (χ2n) is 10.4.